The van der Waals surface area contributed by atoms with Gasteiger partial charge in [0.05, 0.1) is 11.2 Å². The molecule has 1 aliphatic carbocycles. The summed E-state index contributed by atoms with van der Waals surface area (Å²) in [5.74, 6) is 2.76. The predicted octanol–water partition coefficient (Wildman–Crippen LogP) is 2.99. The van der Waals surface area contributed by atoms with E-state index in [-0.39, 0.29) is 23.7 Å². The van der Waals surface area contributed by atoms with Gasteiger partial charge >= 0.3 is 0 Å². The van der Waals surface area contributed by atoms with Gasteiger partial charge in [-0.25, -0.2) is 0 Å². The molecule has 3 rings (SSSR count). The van der Waals surface area contributed by atoms with E-state index in [0.29, 0.717) is 0 Å². The first kappa shape index (κ1) is 12.0. The smallest absolute Gasteiger partial charge is 0.0741 e. The van der Waals surface area contributed by atoms with E-state index in [9.17, 15) is 5.11 Å². The highest BCUT2D eigenvalue weighted by Crippen LogP contribution is 2.61. The maximum Gasteiger partial charge on any atom is 0.0741 e. The Bertz CT molecular complexity index is 316. The Hall–Kier alpha value is -0.0800. The molecule has 0 aromatic rings. The highest BCUT2D eigenvalue weighted by Gasteiger charge is 2.61. The highest BCUT2D eigenvalue weighted by molar-refractivity contribution is 5.10. The average Bonchev–Trinajstić information content (AvgIpc) is 2.81. The van der Waals surface area contributed by atoms with Gasteiger partial charge in [-0.15, -0.1) is 0 Å². The molecule has 0 unspecified atom stereocenters. The zero-order chi connectivity index (χ0) is 12.3. The van der Waals surface area contributed by atoms with Gasteiger partial charge in [0, 0.05) is 12.5 Å². The van der Waals surface area contributed by atoms with E-state index in [2.05, 4.69) is 20.8 Å². The molecule has 2 heteroatoms. The molecule has 2 aliphatic heterocycles. The van der Waals surface area contributed by atoms with Crippen molar-refractivity contribution in [2.45, 2.75) is 64.1 Å². The minimum atomic E-state index is -0.0106. The Morgan fingerprint density at radius 2 is 2.12 bits per heavy atom. The molecule has 6 atom stereocenters. The molecule has 98 valence electrons. The molecular weight excluding hydrogens is 212 g/mol. The quantitative estimate of drug-likeness (QED) is 0.801. The van der Waals surface area contributed by atoms with Crippen molar-refractivity contribution in [2.24, 2.45) is 23.7 Å². The van der Waals surface area contributed by atoms with Crippen molar-refractivity contribution >= 4 is 0 Å². The minimum Gasteiger partial charge on any atom is -0.396 e. The fourth-order valence-corrected chi connectivity index (χ4v) is 4.91. The third-order valence-electron chi connectivity index (χ3n) is 6.20. The Morgan fingerprint density at radius 3 is 2.82 bits per heavy atom. The SMILES string of the molecule is C[C@H]1CC[C@H]2[C@H]1C[C@]1([C@@H](C)CO)CC[C@]2(C)O1. The van der Waals surface area contributed by atoms with Crippen LogP contribution in [0.1, 0.15) is 52.9 Å². The molecule has 3 fully saturated rings. The van der Waals surface area contributed by atoms with Gasteiger partial charge in [0.15, 0.2) is 0 Å². The van der Waals surface area contributed by atoms with Crippen LogP contribution < -0.4 is 0 Å². The lowest BCUT2D eigenvalue weighted by atomic mass is 9.72. The van der Waals surface area contributed by atoms with Crippen LogP contribution >= 0.6 is 0 Å². The number of hydrogen-bond acceptors (Lipinski definition) is 2. The highest BCUT2D eigenvalue weighted by atomic mass is 16.5. The third kappa shape index (κ3) is 1.53. The lowest BCUT2D eigenvalue weighted by molar-refractivity contribution is -0.202. The van der Waals surface area contributed by atoms with E-state index in [1.54, 1.807) is 0 Å². The van der Waals surface area contributed by atoms with Gasteiger partial charge in [0.25, 0.3) is 0 Å². The molecule has 1 saturated carbocycles. The first-order valence-corrected chi connectivity index (χ1v) is 7.32. The molecule has 0 aromatic heterocycles. The molecule has 0 amide bonds. The summed E-state index contributed by atoms with van der Waals surface area (Å²) in [7, 11) is 0. The van der Waals surface area contributed by atoms with Gasteiger partial charge in [-0.1, -0.05) is 20.3 Å². The second-order valence-corrected chi connectivity index (χ2v) is 7.09. The fraction of sp³-hybridized carbons (Fsp3) is 1.00. The zero-order valence-electron chi connectivity index (χ0n) is 11.4. The largest absolute Gasteiger partial charge is 0.396 e. The average molecular weight is 238 g/mol. The van der Waals surface area contributed by atoms with Crippen molar-refractivity contribution in [3.8, 4) is 0 Å². The number of fused-ring (bicyclic) bond motifs is 4. The third-order valence-corrected chi connectivity index (χ3v) is 6.20. The molecule has 2 heterocycles. The van der Waals surface area contributed by atoms with Gasteiger partial charge in [-0.05, 0) is 50.4 Å². The van der Waals surface area contributed by atoms with Crippen molar-refractivity contribution in [3.05, 3.63) is 0 Å². The second kappa shape index (κ2) is 3.71. The maximum atomic E-state index is 9.51. The Morgan fingerprint density at radius 1 is 1.35 bits per heavy atom. The maximum absolute atomic E-state index is 9.51. The van der Waals surface area contributed by atoms with Gasteiger partial charge < -0.3 is 9.84 Å². The molecule has 0 spiro atoms. The topological polar surface area (TPSA) is 29.5 Å². The van der Waals surface area contributed by atoms with E-state index in [0.717, 1.165) is 24.2 Å². The lowest BCUT2D eigenvalue weighted by Gasteiger charge is -2.49. The van der Waals surface area contributed by atoms with Crippen LogP contribution in [0.15, 0.2) is 0 Å². The zero-order valence-corrected chi connectivity index (χ0v) is 11.4. The van der Waals surface area contributed by atoms with Gasteiger partial charge in [-0.3, -0.25) is 0 Å². The monoisotopic (exact) mass is 238 g/mol. The Kier molecular flexibility index (Phi) is 2.61. The van der Waals surface area contributed by atoms with Gasteiger partial charge in [0.1, 0.15) is 0 Å². The Labute approximate surface area is 105 Å². The van der Waals surface area contributed by atoms with E-state index in [1.165, 1.54) is 25.7 Å². The van der Waals surface area contributed by atoms with Crippen molar-refractivity contribution in [3.63, 3.8) is 0 Å². The summed E-state index contributed by atoms with van der Waals surface area (Å²) in [6.45, 7) is 7.16. The molecule has 0 aromatic carbocycles. The fourth-order valence-electron chi connectivity index (χ4n) is 4.91. The van der Waals surface area contributed by atoms with E-state index >= 15 is 0 Å². The normalized spacial score (nSPS) is 54.7. The first-order valence-electron chi connectivity index (χ1n) is 7.32. The van der Waals surface area contributed by atoms with Crippen molar-refractivity contribution in [1.29, 1.82) is 0 Å². The van der Waals surface area contributed by atoms with Crippen LogP contribution in [0.2, 0.25) is 0 Å². The van der Waals surface area contributed by atoms with Crippen LogP contribution in [0, 0.1) is 23.7 Å². The van der Waals surface area contributed by atoms with Crippen LogP contribution in [0.3, 0.4) is 0 Å². The molecule has 17 heavy (non-hydrogen) atoms. The molecule has 2 bridgehead atoms. The van der Waals surface area contributed by atoms with Crippen molar-refractivity contribution < 1.29 is 9.84 Å². The van der Waals surface area contributed by atoms with Crippen molar-refractivity contribution in [1.82, 2.24) is 0 Å². The standard InChI is InChI=1S/C15H26O2/c1-10-4-5-13-12(10)8-15(11(2)9-16)7-6-14(13,3)17-15/h10-13,16H,4-9H2,1-3H3/t10-,11-,12-,13-,14-,15-/m0/s1. The molecule has 1 N–H and O–H groups in total. The Balaban J connectivity index is 1.92. The van der Waals surface area contributed by atoms with Gasteiger partial charge in [-0.2, -0.15) is 0 Å². The van der Waals surface area contributed by atoms with Crippen LogP contribution in [0.4, 0.5) is 0 Å². The van der Waals surface area contributed by atoms with E-state index in [4.69, 9.17) is 4.74 Å². The number of aliphatic hydroxyl groups is 1. The summed E-state index contributed by atoms with van der Waals surface area (Å²) in [5.41, 5.74) is 0.0976. The summed E-state index contributed by atoms with van der Waals surface area (Å²) in [5, 5.41) is 9.51. The van der Waals surface area contributed by atoms with Crippen LogP contribution in [-0.4, -0.2) is 22.9 Å². The van der Waals surface area contributed by atoms with E-state index in [1.807, 2.05) is 0 Å². The van der Waals surface area contributed by atoms with Crippen LogP contribution in [0.5, 0.6) is 0 Å². The number of hydrogen-bond donors (Lipinski definition) is 1. The minimum absolute atomic E-state index is 0.0106. The molecule has 3 aliphatic rings. The molecule has 2 nitrogen and oxygen atoms in total. The number of aliphatic hydroxyl groups excluding tert-OH is 1. The van der Waals surface area contributed by atoms with Gasteiger partial charge in [0.2, 0.25) is 0 Å². The van der Waals surface area contributed by atoms with Crippen LogP contribution in [0.25, 0.3) is 0 Å². The van der Waals surface area contributed by atoms with E-state index < -0.39 is 0 Å². The summed E-state index contributed by atoms with van der Waals surface area (Å²) < 4.78 is 6.53. The summed E-state index contributed by atoms with van der Waals surface area (Å²) in [6, 6.07) is 0. The summed E-state index contributed by atoms with van der Waals surface area (Å²) in [6.07, 6.45) is 6.27. The molecule has 2 saturated heterocycles. The predicted molar refractivity (Wildman–Crippen MR) is 67.7 cm³/mol. The molecule has 0 radical (unpaired) electrons. The van der Waals surface area contributed by atoms with Crippen molar-refractivity contribution in [2.75, 3.05) is 6.61 Å². The lowest BCUT2D eigenvalue weighted by Crippen LogP contribution is -2.51. The van der Waals surface area contributed by atoms with Crippen LogP contribution in [-0.2, 0) is 4.74 Å². The number of ether oxygens (including phenoxy) is 1. The summed E-state index contributed by atoms with van der Waals surface area (Å²) in [4.78, 5) is 0. The summed E-state index contributed by atoms with van der Waals surface area (Å²) >= 11 is 0. The second-order valence-electron chi connectivity index (χ2n) is 7.09. The first-order chi connectivity index (χ1) is 8.01. The number of rotatable bonds is 2. The molecular formula is C15H26O2.